The van der Waals surface area contributed by atoms with Gasteiger partial charge < -0.3 is 10.1 Å². The van der Waals surface area contributed by atoms with Gasteiger partial charge in [0.05, 0.1) is 0 Å². The second kappa shape index (κ2) is 6.27. The summed E-state index contributed by atoms with van der Waals surface area (Å²) in [7, 11) is 0. The molecule has 0 fully saturated rings. The van der Waals surface area contributed by atoms with E-state index in [0.29, 0.717) is 11.4 Å². The number of anilines is 1. The second-order valence-corrected chi connectivity index (χ2v) is 3.88. The molecule has 0 atom stereocenters. The standard InChI is InChI=1S/C16H13NO2/c1-2-13-7-6-8-14(11-13)17-16(18)12-19-15-9-4-3-5-10-15/h1,3-11H,12H2,(H,17,18). The van der Waals surface area contributed by atoms with Gasteiger partial charge in [-0.3, -0.25) is 4.79 Å². The van der Waals surface area contributed by atoms with E-state index in [9.17, 15) is 4.79 Å². The summed E-state index contributed by atoms with van der Waals surface area (Å²) >= 11 is 0. The molecule has 0 heterocycles. The Balaban J connectivity index is 1.89. The fraction of sp³-hybridized carbons (Fsp3) is 0.0625. The third-order valence-corrected chi connectivity index (χ3v) is 2.43. The minimum atomic E-state index is -0.224. The number of carbonyl (C=O) groups is 1. The molecule has 0 aliphatic carbocycles. The van der Waals surface area contributed by atoms with Gasteiger partial charge in [-0.05, 0) is 30.3 Å². The molecule has 94 valence electrons. The van der Waals surface area contributed by atoms with Crippen LogP contribution in [-0.2, 0) is 4.79 Å². The smallest absolute Gasteiger partial charge is 0.262 e. The van der Waals surface area contributed by atoms with Crippen LogP contribution >= 0.6 is 0 Å². The molecule has 1 N–H and O–H groups in total. The largest absolute Gasteiger partial charge is 0.484 e. The van der Waals surface area contributed by atoms with E-state index in [0.717, 1.165) is 5.56 Å². The van der Waals surface area contributed by atoms with Gasteiger partial charge in [-0.1, -0.05) is 30.2 Å². The highest BCUT2D eigenvalue weighted by atomic mass is 16.5. The number of terminal acetylenes is 1. The Labute approximate surface area is 112 Å². The fourth-order valence-corrected chi connectivity index (χ4v) is 1.55. The maximum atomic E-state index is 11.7. The van der Waals surface area contributed by atoms with Gasteiger partial charge >= 0.3 is 0 Å². The molecule has 19 heavy (non-hydrogen) atoms. The first kappa shape index (κ1) is 12.7. The number of hydrogen-bond donors (Lipinski definition) is 1. The van der Waals surface area contributed by atoms with Crippen LogP contribution < -0.4 is 10.1 Å². The Morgan fingerprint density at radius 2 is 1.95 bits per heavy atom. The van der Waals surface area contributed by atoms with Crippen LogP contribution in [0.5, 0.6) is 5.75 Å². The van der Waals surface area contributed by atoms with Crippen molar-refractivity contribution in [3.8, 4) is 18.1 Å². The highest BCUT2D eigenvalue weighted by Crippen LogP contribution is 2.11. The lowest BCUT2D eigenvalue weighted by molar-refractivity contribution is -0.118. The third kappa shape index (κ3) is 3.90. The number of nitrogens with one attached hydrogen (secondary N) is 1. The van der Waals surface area contributed by atoms with Crippen molar-refractivity contribution in [3.63, 3.8) is 0 Å². The molecule has 0 aliphatic rings. The van der Waals surface area contributed by atoms with Crippen molar-refractivity contribution in [2.45, 2.75) is 0 Å². The lowest BCUT2D eigenvalue weighted by atomic mass is 10.2. The van der Waals surface area contributed by atoms with Crippen molar-refractivity contribution >= 4 is 11.6 Å². The number of ether oxygens (including phenoxy) is 1. The van der Waals surface area contributed by atoms with Crippen LogP contribution in [0.3, 0.4) is 0 Å². The zero-order valence-electron chi connectivity index (χ0n) is 10.3. The number of amides is 1. The van der Waals surface area contributed by atoms with E-state index in [2.05, 4.69) is 11.2 Å². The minimum Gasteiger partial charge on any atom is -0.484 e. The zero-order valence-corrected chi connectivity index (χ0v) is 10.3. The maximum absolute atomic E-state index is 11.7. The van der Waals surface area contributed by atoms with Gasteiger partial charge in [-0.25, -0.2) is 0 Å². The van der Waals surface area contributed by atoms with Crippen LogP contribution in [0.25, 0.3) is 0 Å². The molecule has 2 rings (SSSR count). The van der Waals surface area contributed by atoms with Crippen molar-refractivity contribution in [2.75, 3.05) is 11.9 Å². The van der Waals surface area contributed by atoms with Gasteiger partial charge in [-0.15, -0.1) is 6.42 Å². The average Bonchev–Trinajstić information content (AvgIpc) is 2.46. The predicted molar refractivity (Wildman–Crippen MR) is 74.9 cm³/mol. The van der Waals surface area contributed by atoms with Crippen LogP contribution in [0.4, 0.5) is 5.69 Å². The normalized spacial score (nSPS) is 9.42. The summed E-state index contributed by atoms with van der Waals surface area (Å²) in [4.78, 5) is 11.7. The molecular weight excluding hydrogens is 238 g/mol. The quantitative estimate of drug-likeness (QED) is 0.848. The number of carbonyl (C=O) groups excluding carboxylic acids is 1. The Morgan fingerprint density at radius 3 is 2.68 bits per heavy atom. The summed E-state index contributed by atoms with van der Waals surface area (Å²) < 4.78 is 5.34. The van der Waals surface area contributed by atoms with Crippen LogP contribution in [0, 0.1) is 12.3 Å². The van der Waals surface area contributed by atoms with Crippen molar-refractivity contribution in [2.24, 2.45) is 0 Å². The van der Waals surface area contributed by atoms with Crippen LogP contribution in [-0.4, -0.2) is 12.5 Å². The number of benzene rings is 2. The molecule has 0 aliphatic heterocycles. The van der Waals surface area contributed by atoms with E-state index < -0.39 is 0 Å². The van der Waals surface area contributed by atoms with E-state index in [1.165, 1.54) is 0 Å². The van der Waals surface area contributed by atoms with Crippen LogP contribution in [0.2, 0.25) is 0 Å². The molecule has 2 aromatic rings. The Kier molecular flexibility index (Phi) is 4.20. The molecule has 0 bridgehead atoms. The molecule has 0 aromatic heterocycles. The summed E-state index contributed by atoms with van der Waals surface area (Å²) in [6, 6.07) is 16.3. The van der Waals surface area contributed by atoms with Crippen LogP contribution in [0.15, 0.2) is 54.6 Å². The van der Waals surface area contributed by atoms with Gasteiger partial charge in [0.25, 0.3) is 5.91 Å². The summed E-state index contributed by atoms with van der Waals surface area (Å²) in [5.41, 5.74) is 1.39. The summed E-state index contributed by atoms with van der Waals surface area (Å²) in [5.74, 6) is 2.95. The van der Waals surface area contributed by atoms with Crippen molar-refractivity contribution in [1.82, 2.24) is 0 Å². The first-order valence-electron chi connectivity index (χ1n) is 5.82. The first-order valence-corrected chi connectivity index (χ1v) is 5.82. The topological polar surface area (TPSA) is 38.3 Å². The van der Waals surface area contributed by atoms with Gasteiger partial charge in [-0.2, -0.15) is 0 Å². The van der Waals surface area contributed by atoms with E-state index in [1.807, 2.05) is 18.2 Å². The summed E-state index contributed by atoms with van der Waals surface area (Å²) in [6.45, 7) is -0.0374. The van der Waals surface area contributed by atoms with E-state index in [1.54, 1.807) is 36.4 Å². The lowest BCUT2D eigenvalue weighted by Crippen LogP contribution is -2.20. The molecule has 0 saturated heterocycles. The van der Waals surface area contributed by atoms with Crippen LogP contribution in [0.1, 0.15) is 5.56 Å². The summed E-state index contributed by atoms with van der Waals surface area (Å²) in [5, 5.41) is 2.73. The molecule has 1 amide bonds. The molecule has 3 nitrogen and oxygen atoms in total. The molecule has 2 aromatic carbocycles. The Hall–Kier alpha value is -2.73. The fourth-order valence-electron chi connectivity index (χ4n) is 1.55. The van der Waals surface area contributed by atoms with E-state index in [4.69, 9.17) is 11.2 Å². The summed E-state index contributed by atoms with van der Waals surface area (Å²) in [6.07, 6.45) is 5.30. The highest BCUT2D eigenvalue weighted by Gasteiger charge is 2.03. The molecule has 0 radical (unpaired) electrons. The second-order valence-electron chi connectivity index (χ2n) is 3.88. The number of hydrogen-bond acceptors (Lipinski definition) is 2. The Morgan fingerprint density at radius 1 is 1.16 bits per heavy atom. The first-order chi connectivity index (χ1) is 9.28. The van der Waals surface area contributed by atoms with Gasteiger partial charge in [0.2, 0.25) is 0 Å². The van der Waals surface area contributed by atoms with Gasteiger partial charge in [0.1, 0.15) is 5.75 Å². The minimum absolute atomic E-state index is 0.0374. The maximum Gasteiger partial charge on any atom is 0.262 e. The molecule has 3 heteroatoms. The Bertz CT molecular complexity index is 600. The number of rotatable bonds is 4. The predicted octanol–water partition coefficient (Wildman–Crippen LogP) is 2.69. The van der Waals surface area contributed by atoms with Crippen molar-refractivity contribution in [3.05, 3.63) is 60.2 Å². The average molecular weight is 251 g/mol. The molecular formula is C16H13NO2. The van der Waals surface area contributed by atoms with E-state index in [-0.39, 0.29) is 12.5 Å². The van der Waals surface area contributed by atoms with Gasteiger partial charge in [0, 0.05) is 11.3 Å². The van der Waals surface area contributed by atoms with Crippen molar-refractivity contribution < 1.29 is 9.53 Å². The molecule has 0 saturated carbocycles. The van der Waals surface area contributed by atoms with Crippen molar-refractivity contribution in [1.29, 1.82) is 0 Å². The zero-order chi connectivity index (χ0) is 13.5. The van der Waals surface area contributed by atoms with Gasteiger partial charge in [0.15, 0.2) is 6.61 Å². The molecule has 0 unspecified atom stereocenters. The number of para-hydroxylation sites is 1. The SMILES string of the molecule is C#Cc1cccc(NC(=O)COc2ccccc2)c1. The molecule has 0 spiro atoms. The lowest BCUT2D eigenvalue weighted by Gasteiger charge is -2.07. The monoisotopic (exact) mass is 251 g/mol. The highest BCUT2D eigenvalue weighted by molar-refractivity contribution is 5.92. The third-order valence-electron chi connectivity index (χ3n) is 2.43. The van der Waals surface area contributed by atoms with E-state index >= 15 is 0 Å².